The van der Waals surface area contributed by atoms with E-state index in [0.717, 1.165) is 16.8 Å². The van der Waals surface area contributed by atoms with Crippen molar-refractivity contribution in [2.45, 2.75) is 13.0 Å². The number of hydrogen-bond acceptors (Lipinski definition) is 5. The minimum atomic E-state index is -0.134. The largest absolute Gasteiger partial charge is 0.493 e. The van der Waals surface area contributed by atoms with Crippen LogP contribution in [-0.2, 0) is 17.8 Å². The molecule has 7 heteroatoms. The highest BCUT2D eigenvalue weighted by molar-refractivity contribution is 5.92. The highest BCUT2D eigenvalue weighted by Crippen LogP contribution is 2.38. The number of nitrogens with zero attached hydrogens (tertiary/aromatic N) is 2. The van der Waals surface area contributed by atoms with Crippen molar-refractivity contribution < 1.29 is 19.0 Å². The molecule has 0 atom stereocenters. The Labute approximate surface area is 163 Å². The van der Waals surface area contributed by atoms with E-state index in [1.54, 1.807) is 39.7 Å². The molecule has 146 valence electrons. The summed E-state index contributed by atoms with van der Waals surface area (Å²) in [7, 11) is 4.64. The fraction of sp³-hybridized carbons (Fsp3) is 0.238. The molecule has 7 nitrogen and oxygen atoms in total. The van der Waals surface area contributed by atoms with Crippen LogP contribution in [0.5, 0.6) is 17.2 Å². The van der Waals surface area contributed by atoms with Crippen LogP contribution in [0, 0.1) is 0 Å². The number of anilines is 1. The van der Waals surface area contributed by atoms with Crippen LogP contribution in [0.4, 0.5) is 5.69 Å². The fourth-order valence-electron chi connectivity index (χ4n) is 2.96. The van der Waals surface area contributed by atoms with Gasteiger partial charge >= 0.3 is 0 Å². The monoisotopic (exact) mass is 381 g/mol. The van der Waals surface area contributed by atoms with Gasteiger partial charge in [-0.15, -0.1) is 0 Å². The average Bonchev–Trinajstić information content (AvgIpc) is 3.20. The minimum absolute atomic E-state index is 0.134. The Morgan fingerprint density at radius 3 is 2.36 bits per heavy atom. The molecule has 0 fully saturated rings. The van der Waals surface area contributed by atoms with Crippen LogP contribution >= 0.6 is 0 Å². The second-order valence-corrected chi connectivity index (χ2v) is 6.16. The first-order chi connectivity index (χ1) is 13.6. The molecule has 1 amide bonds. The van der Waals surface area contributed by atoms with E-state index in [-0.39, 0.29) is 12.3 Å². The zero-order chi connectivity index (χ0) is 19.9. The van der Waals surface area contributed by atoms with Crippen molar-refractivity contribution in [1.82, 2.24) is 9.78 Å². The summed E-state index contributed by atoms with van der Waals surface area (Å²) >= 11 is 0. The van der Waals surface area contributed by atoms with Gasteiger partial charge in [-0.1, -0.05) is 12.1 Å². The lowest BCUT2D eigenvalue weighted by Gasteiger charge is -2.14. The van der Waals surface area contributed by atoms with Gasteiger partial charge in [0, 0.05) is 18.1 Å². The van der Waals surface area contributed by atoms with E-state index in [9.17, 15) is 4.79 Å². The molecule has 0 aliphatic carbocycles. The highest BCUT2D eigenvalue weighted by Gasteiger charge is 2.15. The Hall–Kier alpha value is -3.48. The van der Waals surface area contributed by atoms with Gasteiger partial charge in [0.05, 0.1) is 34.3 Å². The van der Waals surface area contributed by atoms with E-state index in [4.69, 9.17) is 14.2 Å². The number of nitrogens with one attached hydrogen (secondary N) is 1. The van der Waals surface area contributed by atoms with E-state index in [0.29, 0.717) is 23.8 Å². The van der Waals surface area contributed by atoms with Gasteiger partial charge in [0.15, 0.2) is 11.5 Å². The number of carbonyl (C=O) groups is 1. The van der Waals surface area contributed by atoms with Crippen LogP contribution in [0.15, 0.2) is 54.9 Å². The van der Waals surface area contributed by atoms with Gasteiger partial charge in [-0.2, -0.15) is 5.10 Å². The zero-order valence-corrected chi connectivity index (χ0v) is 16.1. The van der Waals surface area contributed by atoms with Crippen molar-refractivity contribution >= 4 is 11.6 Å². The molecule has 0 bridgehead atoms. The van der Waals surface area contributed by atoms with Crippen molar-refractivity contribution in [2.24, 2.45) is 0 Å². The van der Waals surface area contributed by atoms with Crippen LogP contribution in [0.1, 0.15) is 11.1 Å². The van der Waals surface area contributed by atoms with E-state index < -0.39 is 0 Å². The van der Waals surface area contributed by atoms with Crippen molar-refractivity contribution in [3.8, 4) is 17.2 Å². The lowest BCUT2D eigenvalue weighted by Crippen LogP contribution is -2.15. The number of benzene rings is 2. The number of methoxy groups -OCH3 is 3. The summed E-state index contributed by atoms with van der Waals surface area (Å²) < 4.78 is 17.8. The maximum atomic E-state index is 12.5. The van der Waals surface area contributed by atoms with Crippen LogP contribution in [0.3, 0.4) is 0 Å². The molecule has 2 aromatic carbocycles. The standard InChI is InChI=1S/C21H23N3O4/c1-26-18-11-16(12-19(27-2)21(18)28-3)13-20(25)23-17-7-4-6-15(10-17)14-24-9-5-8-22-24/h4-12H,13-14H2,1-3H3,(H,23,25). The predicted molar refractivity (Wildman–Crippen MR) is 106 cm³/mol. The number of hydrogen-bond donors (Lipinski definition) is 1. The highest BCUT2D eigenvalue weighted by atomic mass is 16.5. The molecule has 3 rings (SSSR count). The molecule has 1 heterocycles. The first kappa shape index (κ1) is 19.3. The topological polar surface area (TPSA) is 74.6 Å². The van der Waals surface area contributed by atoms with Crippen molar-refractivity contribution in [2.75, 3.05) is 26.6 Å². The molecule has 0 spiro atoms. The first-order valence-corrected chi connectivity index (χ1v) is 8.78. The molecule has 1 aromatic heterocycles. The summed E-state index contributed by atoms with van der Waals surface area (Å²) in [4.78, 5) is 12.5. The van der Waals surface area contributed by atoms with Crippen LogP contribution in [-0.4, -0.2) is 37.0 Å². The van der Waals surface area contributed by atoms with Crippen LogP contribution < -0.4 is 19.5 Å². The maximum Gasteiger partial charge on any atom is 0.228 e. The smallest absolute Gasteiger partial charge is 0.228 e. The average molecular weight is 381 g/mol. The minimum Gasteiger partial charge on any atom is -0.493 e. The van der Waals surface area contributed by atoms with Gasteiger partial charge in [-0.25, -0.2) is 0 Å². The molecule has 0 saturated carbocycles. The number of carbonyl (C=O) groups excluding carboxylic acids is 1. The molecule has 0 radical (unpaired) electrons. The summed E-state index contributed by atoms with van der Waals surface area (Å²) in [6, 6.07) is 13.1. The van der Waals surface area contributed by atoms with Gasteiger partial charge in [0.1, 0.15) is 0 Å². The SMILES string of the molecule is COc1cc(CC(=O)Nc2cccc(Cn3cccn3)c2)cc(OC)c1OC. The number of aromatic nitrogens is 2. The summed E-state index contributed by atoms with van der Waals surface area (Å²) in [5, 5.41) is 7.13. The Morgan fingerprint density at radius 2 is 1.75 bits per heavy atom. The third-order valence-corrected chi connectivity index (χ3v) is 4.20. The summed E-state index contributed by atoms with van der Waals surface area (Å²) in [5.74, 6) is 1.41. The number of ether oxygens (including phenoxy) is 3. The van der Waals surface area contributed by atoms with Gasteiger partial charge in [0.2, 0.25) is 11.7 Å². The van der Waals surface area contributed by atoms with Gasteiger partial charge in [0.25, 0.3) is 0 Å². The third kappa shape index (κ3) is 4.62. The molecule has 0 unspecified atom stereocenters. The van der Waals surface area contributed by atoms with E-state index in [2.05, 4.69) is 10.4 Å². The van der Waals surface area contributed by atoms with E-state index >= 15 is 0 Å². The molecule has 0 aliphatic rings. The van der Waals surface area contributed by atoms with E-state index in [1.807, 2.05) is 41.2 Å². The quantitative estimate of drug-likeness (QED) is 0.649. The van der Waals surface area contributed by atoms with E-state index in [1.165, 1.54) is 0 Å². The maximum absolute atomic E-state index is 12.5. The lowest BCUT2D eigenvalue weighted by atomic mass is 10.1. The molecule has 0 aliphatic heterocycles. The molecule has 0 saturated heterocycles. The summed E-state index contributed by atoms with van der Waals surface area (Å²) in [6.45, 7) is 0.642. The Kier molecular flexibility index (Phi) is 6.16. The van der Waals surface area contributed by atoms with Crippen molar-refractivity contribution in [3.63, 3.8) is 0 Å². The van der Waals surface area contributed by atoms with Gasteiger partial charge in [-0.05, 0) is 41.5 Å². The first-order valence-electron chi connectivity index (χ1n) is 8.78. The van der Waals surface area contributed by atoms with Crippen LogP contribution in [0.2, 0.25) is 0 Å². The fourth-order valence-corrected chi connectivity index (χ4v) is 2.96. The molecule has 28 heavy (non-hydrogen) atoms. The Morgan fingerprint density at radius 1 is 1.00 bits per heavy atom. The molecule has 1 N–H and O–H groups in total. The van der Waals surface area contributed by atoms with Crippen LogP contribution in [0.25, 0.3) is 0 Å². The van der Waals surface area contributed by atoms with Crippen molar-refractivity contribution in [1.29, 1.82) is 0 Å². The normalized spacial score (nSPS) is 10.4. The summed E-state index contributed by atoms with van der Waals surface area (Å²) in [5.41, 5.74) is 2.55. The van der Waals surface area contributed by atoms with Gasteiger partial charge in [-0.3, -0.25) is 9.48 Å². The Bertz CT molecular complexity index is 914. The second-order valence-electron chi connectivity index (χ2n) is 6.16. The third-order valence-electron chi connectivity index (χ3n) is 4.20. The molecular formula is C21H23N3O4. The number of amides is 1. The Balaban J connectivity index is 1.70. The predicted octanol–water partition coefficient (Wildman–Crippen LogP) is 3.14. The lowest BCUT2D eigenvalue weighted by molar-refractivity contribution is -0.115. The number of rotatable bonds is 8. The zero-order valence-electron chi connectivity index (χ0n) is 16.1. The molecular weight excluding hydrogens is 358 g/mol. The van der Waals surface area contributed by atoms with Crippen molar-refractivity contribution in [3.05, 3.63) is 66.0 Å². The summed E-state index contributed by atoms with van der Waals surface area (Å²) in [6.07, 6.45) is 3.82. The second kappa shape index (κ2) is 8.94. The van der Waals surface area contributed by atoms with Gasteiger partial charge < -0.3 is 19.5 Å². The molecule has 3 aromatic rings.